The highest BCUT2D eigenvalue weighted by Crippen LogP contribution is 2.24. The molecule has 1 aliphatic heterocycles. The number of nitrogens with zero attached hydrogens (tertiary/aromatic N) is 2. The molecule has 0 saturated carbocycles. The van der Waals surface area contributed by atoms with E-state index in [1.54, 1.807) is 24.3 Å². The lowest BCUT2D eigenvalue weighted by Gasteiger charge is -2.35. The minimum Gasteiger partial charge on any atom is -0.379 e. The van der Waals surface area contributed by atoms with E-state index < -0.39 is 11.8 Å². The molecule has 7 nitrogen and oxygen atoms in total. The third kappa shape index (κ3) is 5.95. The zero-order valence-electron chi connectivity index (χ0n) is 17.2. The molecule has 3 rings (SSSR count). The van der Waals surface area contributed by atoms with Crippen LogP contribution in [0.4, 0.5) is 11.4 Å². The number of carbonyl (C=O) groups is 2. The Morgan fingerprint density at radius 3 is 2.27 bits per heavy atom. The van der Waals surface area contributed by atoms with Gasteiger partial charge in [-0.15, -0.1) is 0 Å². The van der Waals surface area contributed by atoms with Crippen molar-refractivity contribution in [2.75, 3.05) is 57.2 Å². The standard InChI is InChI=1S/C22H27ClN4O3/c1-26(2)19-9-3-16(4-10-19)20(27-11-13-30-14-12-27)15-24-21(28)22(29)25-18-7-5-17(23)6-8-18/h3-10,20H,11-15H2,1-2H3,(H,24,28)(H,25,29)/t20-/m1/s1. The predicted octanol–water partition coefficient (Wildman–Crippen LogP) is 2.53. The first kappa shape index (κ1) is 22.1. The van der Waals surface area contributed by atoms with Gasteiger partial charge in [0.15, 0.2) is 0 Å². The molecule has 1 heterocycles. The maximum atomic E-state index is 12.4. The summed E-state index contributed by atoms with van der Waals surface area (Å²) in [7, 11) is 3.99. The van der Waals surface area contributed by atoms with Crippen molar-refractivity contribution >= 4 is 34.8 Å². The van der Waals surface area contributed by atoms with E-state index in [0.29, 0.717) is 30.5 Å². The third-order valence-electron chi connectivity index (χ3n) is 5.04. The van der Waals surface area contributed by atoms with E-state index in [1.165, 1.54) is 0 Å². The van der Waals surface area contributed by atoms with Gasteiger partial charge in [-0.2, -0.15) is 0 Å². The number of benzene rings is 2. The molecule has 160 valence electrons. The highest BCUT2D eigenvalue weighted by molar-refractivity contribution is 6.39. The Bertz CT molecular complexity index is 850. The average molecular weight is 431 g/mol. The molecule has 0 aliphatic carbocycles. The molecule has 0 aromatic heterocycles. The van der Waals surface area contributed by atoms with Gasteiger partial charge in [-0.3, -0.25) is 14.5 Å². The number of hydrogen-bond acceptors (Lipinski definition) is 5. The van der Waals surface area contributed by atoms with Crippen molar-refractivity contribution in [1.29, 1.82) is 0 Å². The van der Waals surface area contributed by atoms with Crippen molar-refractivity contribution in [2.45, 2.75) is 6.04 Å². The van der Waals surface area contributed by atoms with Gasteiger partial charge in [-0.1, -0.05) is 23.7 Å². The molecular weight excluding hydrogens is 404 g/mol. The van der Waals surface area contributed by atoms with Crippen LogP contribution in [0.5, 0.6) is 0 Å². The van der Waals surface area contributed by atoms with Crippen molar-refractivity contribution in [3.63, 3.8) is 0 Å². The third-order valence-corrected chi connectivity index (χ3v) is 5.30. The van der Waals surface area contributed by atoms with Crippen molar-refractivity contribution < 1.29 is 14.3 Å². The van der Waals surface area contributed by atoms with Crippen LogP contribution in [0, 0.1) is 0 Å². The van der Waals surface area contributed by atoms with Crippen molar-refractivity contribution in [2.24, 2.45) is 0 Å². The maximum Gasteiger partial charge on any atom is 0.313 e. The second-order valence-corrected chi connectivity index (χ2v) is 7.76. The summed E-state index contributed by atoms with van der Waals surface area (Å²) in [4.78, 5) is 28.9. The number of halogens is 1. The summed E-state index contributed by atoms with van der Waals surface area (Å²) < 4.78 is 5.47. The Morgan fingerprint density at radius 1 is 1.03 bits per heavy atom. The Kier molecular flexibility index (Phi) is 7.68. The quantitative estimate of drug-likeness (QED) is 0.689. The van der Waals surface area contributed by atoms with E-state index >= 15 is 0 Å². The molecule has 2 aromatic carbocycles. The largest absolute Gasteiger partial charge is 0.379 e. The lowest BCUT2D eigenvalue weighted by Crippen LogP contribution is -2.45. The molecule has 1 fully saturated rings. The van der Waals surface area contributed by atoms with Gasteiger partial charge in [0.25, 0.3) is 0 Å². The fourth-order valence-corrected chi connectivity index (χ4v) is 3.46. The van der Waals surface area contributed by atoms with Gasteiger partial charge in [0.2, 0.25) is 0 Å². The van der Waals surface area contributed by atoms with Crippen LogP contribution >= 0.6 is 11.6 Å². The molecule has 0 unspecified atom stereocenters. The Labute approximate surface area is 181 Å². The summed E-state index contributed by atoms with van der Waals surface area (Å²) in [6.07, 6.45) is 0. The van der Waals surface area contributed by atoms with Crippen molar-refractivity contribution in [3.8, 4) is 0 Å². The van der Waals surface area contributed by atoms with E-state index in [2.05, 4.69) is 39.8 Å². The normalized spacial score (nSPS) is 15.3. The predicted molar refractivity (Wildman–Crippen MR) is 119 cm³/mol. The summed E-state index contributed by atoms with van der Waals surface area (Å²) in [6.45, 7) is 3.17. The molecule has 1 aliphatic rings. The first-order valence-electron chi connectivity index (χ1n) is 9.88. The first-order valence-corrected chi connectivity index (χ1v) is 10.3. The van der Waals surface area contributed by atoms with Crippen molar-refractivity contribution in [1.82, 2.24) is 10.2 Å². The molecule has 1 atom stereocenters. The number of hydrogen-bond donors (Lipinski definition) is 2. The van der Waals surface area contributed by atoms with Gasteiger partial charge < -0.3 is 20.3 Å². The fourth-order valence-electron chi connectivity index (χ4n) is 3.33. The molecule has 0 spiro atoms. The Balaban J connectivity index is 1.65. The molecule has 0 radical (unpaired) electrons. The number of ether oxygens (including phenoxy) is 1. The molecule has 30 heavy (non-hydrogen) atoms. The summed E-state index contributed by atoms with van der Waals surface area (Å²) >= 11 is 5.85. The molecule has 1 saturated heterocycles. The zero-order chi connectivity index (χ0) is 21.5. The number of carbonyl (C=O) groups excluding carboxylic acids is 2. The van der Waals surface area contributed by atoms with Crippen LogP contribution in [-0.4, -0.2) is 63.7 Å². The number of anilines is 2. The molecule has 8 heteroatoms. The minimum absolute atomic E-state index is 0.0441. The second kappa shape index (κ2) is 10.4. The highest BCUT2D eigenvalue weighted by Gasteiger charge is 2.24. The second-order valence-electron chi connectivity index (χ2n) is 7.32. The maximum absolute atomic E-state index is 12.4. The Hall–Kier alpha value is -2.61. The first-order chi connectivity index (χ1) is 14.4. The summed E-state index contributed by atoms with van der Waals surface area (Å²) in [5, 5.41) is 5.92. The van der Waals surface area contributed by atoms with Gasteiger partial charge in [0.1, 0.15) is 0 Å². The van der Waals surface area contributed by atoms with Crippen LogP contribution in [0.1, 0.15) is 11.6 Å². The monoisotopic (exact) mass is 430 g/mol. The van der Waals surface area contributed by atoms with Crippen LogP contribution in [-0.2, 0) is 14.3 Å². The van der Waals surface area contributed by atoms with Crippen LogP contribution < -0.4 is 15.5 Å². The average Bonchev–Trinajstić information content (AvgIpc) is 2.76. The van der Waals surface area contributed by atoms with Crippen LogP contribution in [0.3, 0.4) is 0 Å². The zero-order valence-corrected chi connectivity index (χ0v) is 18.0. The lowest BCUT2D eigenvalue weighted by atomic mass is 10.0. The van der Waals surface area contributed by atoms with E-state index in [0.717, 1.165) is 24.3 Å². The number of nitrogens with one attached hydrogen (secondary N) is 2. The highest BCUT2D eigenvalue weighted by atomic mass is 35.5. The molecule has 2 aromatic rings. The van der Waals surface area contributed by atoms with Crippen molar-refractivity contribution in [3.05, 3.63) is 59.1 Å². The van der Waals surface area contributed by atoms with Gasteiger partial charge in [-0.05, 0) is 42.0 Å². The Morgan fingerprint density at radius 2 is 1.67 bits per heavy atom. The van der Waals surface area contributed by atoms with E-state index in [9.17, 15) is 9.59 Å². The molecule has 2 amide bonds. The number of rotatable bonds is 6. The smallest absolute Gasteiger partial charge is 0.313 e. The minimum atomic E-state index is -0.707. The lowest BCUT2D eigenvalue weighted by molar-refractivity contribution is -0.136. The van der Waals surface area contributed by atoms with E-state index in [1.807, 2.05) is 19.0 Å². The number of amides is 2. The van der Waals surface area contributed by atoms with Gasteiger partial charge in [0.05, 0.1) is 19.3 Å². The van der Waals surface area contributed by atoms with Crippen LogP contribution in [0.25, 0.3) is 0 Å². The topological polar surface area (TPSA) is 73.9 Å². The summed E-state index contributed by atoms with van der Waals surface area (Å²) in [5.74, 6) is -1.38. The molecule has 2 N–H and O–H groups in total. The van der Waals surface area contributed by atoms with E-state index in [4.69, 9.17) is 16.3 Å². The summed E-state index contributed by atoms with van der Waals surface area (Å²) in [6, 6.07) is 14.8. The fraction of sp³-hybridized carbons (Fsp3) is 0.364. The van der Waals surface area contributed by atoms with Crippen LogP contribution in [0.15, 0.2) is 48.5 Å². The molecule has 0 bridgehead atoms. The number of morpholine rings is 1. The summed E-state index contributed by atoms with van der Waals surface area (Å²) in [5.41, 5.74) is 2.70. The van der Waals surface area contributed by atoms with Gasteiger partial charge in [0, 0.05) is 50.1 Å². The van der Waals surface area contributed by atoms with E-state index in [-0.39, 0.29) is 6.04 Å². The molecular formula is C22H27ClN4O3. The van der Waals surface area contributed by atoms with Crippen LogP contribution in [0.2, 0.25) is 5.02 Å². The SMILES string of the molecule is CN(C)c1ccc([C@@H](CNC(=O)C(=O)Nc2ccc(Cl)cc2)N2CCOCC2)cc1. The van der Waals surface area contributed by atoms with Gasteiger partial charge in [-0.25, -0.2) is 0 Å². The van der Waals surface area contributed by atoms with Gasteiger partial charge >= 0.3 is 11.8 Å².